The maximum Gasteiger partial charge on any atom is 0.265 e. The molecule has 25 heavy (non-hydrogen) atoms. The molecule has 130 valence electrons. The second kappa shape index (κ2) is 7.57. The highest BCUT2D eigenvalue weighted by molar-refractivity contribution is 6.31. The van der Waals surface area contributed by atoms with Crippen LogP contribution in [0.5, 0.6) is 5.75 Å². The molecule has 0 radical (unpaired) electrons. The van der Waals surface area contributed by atoms with E-state index in [0.29, 0.717) is 23.9 Å². The van der Waals surface area contributed by atoms with Crippen LogP contribution in [0, 0.1) is 6.92 Å². The minimum Gasteiger partial charge on any atom is -0.482 e. The van der Waals surface area contributed by atoms with Crippen molar-refractivity contribution < 1.29 is 14.3 Å². The quantitative estimate of drug-likeness (QED) is 0.893. The third-order valence-electron chi connectivity index (χ3n) is 4.05. The van der Waals surface area contributed by atoms with Crippen LogP contribution in [-0.2, 0) is 16.1 Å². The van der Waals surface area contributed by atoms with Gasteiger partial charge in [-0.15, -0.1) is 0 Å². The fraction of sp³-hybridized carbons (Fsp3) is 0.263. The highest BCUT2D eigenvalue weighted by Gasteiger charge is 2.25. The number of anilines is 1. The third kappa shape index (κ3) is 4.12. The molecule has 0 atom stereocenters. The van der Waals surface area contributed by atoms with E-state index in [4.69, 9.17) is 16.3 Å². The molecule has 1 N–H and O–H groups in total. The van der Waals surface area contributed by atoms with E-state index in [9.17, 15) is 9.59 Å². The number of hydrogen-bond acceptors (Lipinski definition) is 3. The number of aryl methyl sites for hydroxylation is 1. The van der Waals surface area contributed by atoms with Gasteiger partial charge in [-0.1, -0.05) is 35.9 Å². The van der Waals surface area contributed by atoms with Gasteiger partial charge in [0.25, 0.3) is 5.91 Å². The Kier molecular flexibility index (Phi) is 5.24. The molecule has 0 fully saturated rings. The van der Waals surface area contributed by atoms with Crippen LogP contribution in [0.3, 0.4) is 0 Å². The van der Waals surface area contributed by atoms with Crippen LogP contribution in [0.1, 0.15) is 17.5 Å². The van der Waals surface area contributed by atoms with Crippen molar-refractivity contribution in [1.82, 2.24) is 5.32 Å². The Morgan fingerprint density at radius 1 is 1.28 bits per heavy atom. The normalized spacial score (nSPS) is 13.2. The number of hydrogen-bond donors (Lipinski definition) is 1. The SMILES string of the molecule is Cc1ccc2c(c1)N(CCC(=O)NCc1ccccc1Cl)C(=O)CO2. The summed E-state index contributed by atoms with van der Waals surface area (Å²) in [6.07, 6.45) is 0.212. The van der Waals surface area contributed by atoms with Gasteiger partial charge < -0.3 is 15.0 Å². The van der Waals surface area contributed by atoms with E-state index >= 15 is 0 Å². The average molecular weight is 359 g/mol. The summed E-state index contributed by atoms with van der Waals surface area (Å²) in [5, 5.41) is 3.46. The molecule has 1 aliphatic rings. The third-order valence-corrected chi connectivity index (χ3v) is 4.42. The summed E-state index contributed by atoms with van der Waals surface area (Å²) in [6.45, 7) is 2.63. The Bertz CT molecular complexity index is 807. The lowest BCUT2D eigenvalue weighted by molar-refractivity contribution is -0.122. The van der Waals surface area contributed by atoms with Crippen LogP contribution in [-0.4, -0.2) is 25.0 Å². The van der Waals surface area contributed by atoms with E-state index in [1.54, 1.807) is 11.0 Å². The van der Waals surface area contributed by atoms with Gasteiger partial charge in [0, 0.05) is 24.5 Å². The molecule has 5 nitrogen and oxygen atoms in total. The number of amides is 2. The van der Waals surface area contributed by atoms with Crippen molar-refractivity contribution in [2.75, 3.05) is 18.1 Å². The Hall–Kier alpha value is -2.53. The number of nitrogens with one attached hydrogen (secondary N) is 1. The van der Waals surface area contributed by atoms with E-state index in [2.05, 4.69) is 5.32 Å². The summed E-state index contributed by atoms with van der Waals surface area (Å²) in [6, 6.07) is 13.1. The number of carbonyl (C=O) groups is 2. The van der Waals surface area contributed by atoms with Crippen molar-refractivity contribution in [3.8, 4) is 5.75 Å². The number of halogens is 1. The maximum atomic E-state index is 12.2. The second-order valence-corrected chi connectivity index (χ2v) is 6.33. The van der Waals surface area contributed by atoms with Crippen molar-refractivity contribution in [1.29, 1.82) is 0 Å². The second-order valence-electron chi connectivity index (χ2n) is 5.92. The van der Waals surface area contributed by atoms with Crippen LogP contribution in [0.15, 0.2) is 42.5 Å². The van der Waals surface area contributed by atoms with Crippen molar-refractivity contribution in [2.45, 2.75) is 19.9 Å². The monoisotopic (exact) mass is 358 g/mol. The number of nitrogens with zero attached hydrogens (tertiary/aromatic N) is 1. The molecule has 0 spiro atoms. The van der Waals surface area contributed by atoms with E-state index in [0.717, 1.165) is 16.8 Å². The predicted molar refractivity (Wildman–Crippen MR) is 96.9 cm³/mol. The molecule has 2 aromatic carbocycles. The molecular formula is C19H19ClN2O3. The van der Waals surface area contributed by atoms with Crippen LogP contribution in [0.4, 0.5) is 5.69 Å². The van der Waals surface area contributed by atoms with Crippen molar-refractivity contribution >= 4 is 29.1 Å². The zero-order valence-corrected chi connectivity index (χ0v) is 14.7. The molecular weight excluding hydrogens is 340 g/mol. The van der Waals surface area contributed by atoms with Gasteiger partial charge in [0.15, 0.2) is 6.61 Å². The van der Waals surface area contributed by atoms with Gasteiger partial charge in [-0.25, -0.2) is 0 Å². The fourth-order valence-corrected chi connectivity index (χ4v) is 2.90. The molecule has 1 aliphatic heterocycles. The highest BCUT2D eigenvalue weighted by Crippen LogP contribution is 2.32. The van der Waals surface area contributed by atoms with Crippen LogP contribution in [0.2, 0.25) is 5.02 Å². The van der Waals surface area contributed by atoms with E-state index in [-0.39, 0.29) is 24.8 Å². The first-order chi connectivity index (χ1) is 12.0. The Morgan fingerprint density at radius 3 is 2.88 bits per heavy atom. The highest BCUT2D eigenvalue weighted by atomic mass is 35.5. The largest absolute Gasteiger partial charge is 0.482 e. The minimum atomic E-state index is -0.142. The van der Waals surface area contributed by atoms with Gasteiger partial charge in [-0.05, 0) is 36.2 Å². The van der Waals surface area contributed by atoms with Crippen LogP contribution >= 0.6 is 11.6 Å². The molecule has 0 saturated heterocycles. The predicted octanol–water partition coefficient (Wildman–Crippen LogP) is 3.08. The van der Waals surface area contributed by atoms with Crippen molar-refractivity contribution in [3.05, 3.63) is 58.6 Å². The van der Waals surface area contributed by atoms with Crippen LogP contribution < -0.4 is 15.0 Å². The molecule has 0 unspecified atom stereocenters. The van der Waals surface area contributed by atoms with E-state index < -0.39 is 0 Å². The molecule has 1 heterocycles. The number of carbonyl (C=O) groups excluding carboxylic acids is 2. The number of benzene rings is 2. The van der Waals surface area contributed by atoms with Gasteiger partial charge in [0.2, 0.25) is 5.91 Å². The zero-order chi connectivity index (χ0) is 17.8. The van der Waals surface area contributed by atoms with Gasteiger partial charge in [0.05, 0.1) is 5.69 Å². The van der Waals surface area contributed by atoms with Gasteiger partial charge in [-0.3, -0.25) is 9.59 Å². The van der Waals surface area contributed by atoms with Crippen LogP contribution in [0.25, 0.3) is 0 Å². The molecule has 0 aliphatic carbocycles. The topological polar surface area (TPSA) is 58.6 Å². The van der Waals surface area contributed by atoms with E-state index in [1.807, 2.05) is 43.3 Å². The zero-order valence-electron chi connectivity index (χ0n) is 13.9. The Labute approximate surface area is 151 Å². The van der Waals surface area contributed by atoms with Gasteiger partial charge in [0.1, 0.15) is 5.75 Å². The Morgan fingerprint density at radius 2 is 2.08 bits per heavy atom. The lowest BCUT2D eigenvalue weighted by Gasteiger charge is -2.29. The average Bonchev–Trinajstić information content (AvgIpc) is 2.60. The molecule has 0 bridgehead atoms. The molecule has 6 heteroatoms. The number of rotatable bonds is 5. The maximum absolute atomic E-state index is 12.2. The first-order valence-corrected chi connectivity index (χ1v) is 8.46. The summed E-state index contributed by atoms with van der Waals surface area (Å²) in [5.74, 6) is 0.395. The molecule has 0 aromatic heterocycles. The number of ether oxygens (including phenoxy) is 1. The molecule has 0 saturated carbocycles. The Balaban J connectivity index is 1.60. The van der Waals surface area contributed by atoms with Gasteiger partial charge >= 0.3 is 0 Å². The van der Waals surface area contributed by atoms with Gasteiger partial charge in [-0.2, -0.15) is 0 Å². The van der Waals surface area contributed by atoms with Crippen molar-refractivity contribution in [3.63, 3.8) is 0 Å². The first-order valence-electron chi connectivity index (χ1n) is 8.08. The summed E-state index contributed by atoms with van der Waals surface area (Å²) in [5.41, 5.74) is 2.61. The summed E-state index contributed by atoms with van der Waals surface area (Å²) in [4.78, 5) is 25.9. The first kappa shape index (κ1) is 17.3. The molecule has 2 amide bonds. The summed E-state index contributed by atoms with van der Waals surface area (Å²) < 4.78 is 5.44. The lowest BCUT2D eigenvalue weighted by Crippen LogP contribution is -2.41. The molecule has 2 aromatic rings. The number of fused-ring (bicyclic) bond motifs is 1. The summed E-state index contributed by atoms with van der Waals surface area (Å²) in [7, 11) is 0. The minimum absolute atomic E-state index is 0.00268. The lowest BCUT2D eigenvalue weighted by atomic mass is 10.1. The smallest absolute Gasteiger partial charge is 0.265 e. The van der Waals surface area contributed by atoms with E-state index in [1.165, 1.54) is 0 Å². The standard InChI is InChI=1S/C19H19ClN2O3/c1-13-6-7-17-16(10-13)22(19(24)12-25-17)9-8-18(23)21-11-14-4-2-3-5-15(14)20/h2-7,10H,8-9,11-12H2,1H3,(H,21,23). The fourth-order valence-electron chi connectivity index (χ4n) is 2.69. The van der Waals surface area contributed by atoms with Crippen molar-refractivity contribution in [2.24, 2.45) is 0 Å². The molecule has 3 rings (SSSR count). The summed E-state index contributed by atoms with van der Waals surface area (Å²) >= 11 is 6.08.